The van der Waals surface area contributed by atoms with Crippen LogP contribution in [0.3, 0.4) is 0 Å². The van der Waals surface area contributed by atoms with Crippen molar-refractivity contribution in [2.24, 2.45) is 0 Å². The molecule has 5 nitrogen and oxygen atoms in total. The summed E-state index contributed by atoms with van der Waals surface area (Å²) in [6, 6.07) is 22.3. The maximum Gasteiger partial charge on any atom is 0.258 e. The number of anilines is 1. The lowest BCUT2D eigenvalue weighted by molar-refractivity contribution is 0.404. The Morgan fingerprint density at radius 3 is 2.46 bits per heavy atom. The molecule has 1 N–H and O–H groups in total. The van der Waals surface area contributed by atoms with Gasteiger partial charge < -0.3 is 9.84 Å². The van der Waals surface area contributed by atoms with Gasteiger partial charge in [0.1, 0.15) is 5.82 Å². The molecule has 7 heteroatoms. The molecule has 0 amide bonds. The number of thiocarbonyl (C=S) groups is 1. The van der Waals surface area contributed by atoms with E-state index in [1.165, 1.54) is 17.7 Å². The molecule has 176 valence electrons. The molecule has 1 unspecified atom stereocenters. The van der Waals surface area contributed by atoms with Crippen molar-refractivity contribution in [2.45, 2.75) is 33.2 Å². The zero-order valence-corrected chi connectivity index (χ0v) is 20.6. The highest BCUT2D eigenvalue weighted by Gasteiger charge is 2.34. The molecule has 1 aliphatic heterocycles. The number of hydrogen-bond donors (Lipinski definition) is 1. The molecule has 3 aromatic carbocycles. The van der Waals surface area contributed by atoms with Gasteiger partial charge in [0.15, 0.2) is 5.11 Å². The number of aromatic nitrogens is 2. The smallest absolute Gasteiger partial charge is 0.258 e. The van der Waals surface area contributed by atoms with Gasteiger partial charge in [-0.15, -0.1) is 0 Å². The molecule has 0 radical (unpaired) electrons. The summed E-state index contributed by atoms with van der Waals surface area (Å²) in [6.07, 6.45) is 0.958. The largest absolute Gasteiger partial charge is 0.351 e. The third kappa shape index (κ3) is 4.47. The first-order valence-corrected chi connectivity index (χ1v) is 11.9. The highest BCUT2D eigenvalue weighted by atomic mass is 32.1. The summed E-state index contributed by atoms with van der Waals surface area (Å²) < 4.78 is 19.5. The van der Waals surface area contributed by atoms with E-state index in [9.17, 15) is 4.39 Å². The van der Waals surface area contributed by atoms with Crippen molar-refractivity contribution >= 4 is 28.6 Å². The number of nitrogens with zero attached hydrogens (tertiary/aromatic N) is 3. The molecule has 0 saturated carbocycles. The lowest BCUT2D eigenvalue weighted by Gasteiger charge is -2.37. The first kappa shape index (κ1) is 22.9. The van der Waals surface area contributed by atoms with Crippen molar-refractivity contribution < 1.29 is 8.91 Å². The fraction of sp³-hybridized carbons (Fsp3) is 0.179. The summed E-state index contributed by atoms with van der Waals surface area (Å²) in [5.41, 5.74) is 6.67. The number of hydrogen-bond acceptors (Lipinski definition) is 4. The number of nitrogens with one attached hydrogen (secondary N) is 1. The van der Waals surface area contributed by atoms with E-state index in [-0.39, 0.29) is 11.9 Å². The molecule has 1 aliphatic rings. The third-order valence-corrected chi connectivity index (χ3v) is 6.52. The van der Waals surface area contributed by atoms with Gasteiger partial charge >= 0.3 is 0 Å². The monoisotopic (exact) mass is 484 g/mol. The summed E-state index contributed by atoms with van der Waals surface area (Å²) >= 11 is 5.79. The molecule has 0 bridgehead atoms. The fourth-order valence-electron chi connectivity index (χ4n) is 4.35. The van der Waals surface area contributed by atoms with Crippen LogP contribution in [0, 0.1) is 12.7 Å². The number of halogens is 1. The minimum Gasteiger partial charge on any atom is -0.351 e. The Kier molecular flexibility index (Phi) is 6.17. The average Bonchev–Trinajstić information content (AvgIpc) is 3.34. The van der Waals surface area contributed by atoms with Crippen LogP contribution in [-0.4, -0.2) is 15.3 Å². The first-order valence-electron chi connectivity index (χ1n) is 11.5. The van der Waals surface area contributed by atoms with E-state index in [0.717, 1.165) is 40.1 Å². The molecule has 0 spiro atoms. The van der Waals surface area contributed by atoms with E-state index >= 15 is 0 Å². The predicted octanol–water partition coefficient (Wildman–Crippen LogP) is 6.61. The Morgan fingerprint density at radius 1 is 1.03 bits per heavy atom. The highest BCUT2D eigenvalue weighted by molar-refractivity contribution is 7.80. The van der Waals surface area contributed by atoms with Crippen molar-refractivity contribution in [3.63, 3.8) is 0 Å². The molecular formula is C28H25FN4OS. The van der Waals surface area contributed by atoms with Crippen LogP contribution in [0.25, 0.3) is 17.0 Å². The van der Waals surface area contributed by atoms with Crippen molar-refractivity contribution in [3.05, 3.63) is 107 Å². The molecule has 1 aromatic heterocycles. The number of aryl methyl sites for hydroxylation is 2. The second-order valence-corrected chi connectivity index (χ2v) is 8.97. The van der Waals surface area contributed by atoms with Crippen LogP contribution in [0.2, 0.25) is 0 Å². The second-order valence-electron chi connectivity index (χ2n) is 8.58. The molecule has 5 rings (SSSR count). The summed E-state index contributed by atoms with van der Waals surface area (Å²) in [5.74, 6) is 0.596. The zero-order valence-electron chi connectivity index (χ0n) is 19.7. The van der Waals surface area contributed by atoms with E-state index in [0.29, 0.717) is 16.8 Å². The van der Waals surface area contributed by atoms with E-state index in [1.807, 2.05) is 43.0 Å². The molecule has 1 atom stereocenters. The molecule has 35 heavy (non-hydrogen) atoms. The summed E-state index contributed by atoms with van der Waals surface area (Å²) in [5, 5.41) is 8.22. The number of benzene rings is 3. The SMILES string of the molecule is CCc1ccc(N2C(=S)NC(c3ccc(F)cc3)C(c3nc(-c4cccc(C)c4)no3)=C2C)cc1. The second kappa shape index (κ2) is 9.43. The lowest BCUT2D eigenvalue weighted by Crippen LogP contribution is -2.46. The Balaban J connectivity index is 1.64. The van der Waals surface area contributed by atoms with Crippen LogP contribution in [0.15, 0.2) is 83.0 Å². The molecule has 0 aliphatic carbocycles. The van der Waals surface area contributed by atoms with Gasteiger partial charge in [0, 0.05) is 16.9 Å². The van der Waals surface area contributed by atoms with Gasteiger partial charge in [-0.3, -0.25) is 4.90 Å². The van der Waals surface area contributed by atoms with Gasteiger partial charge in [0.2, 0.25) is 5.82 Å². The predicted molar refractivity (Wildman–Crippen MR) is 140 cm³/mol. The van der Waals surface area contributed by atoms with E-state index in [1.54, 1.807) is 12.1 Å². The van der Waals surface area contributed by atoms with E-state index in [2.05, 4.69) is 41.7 Å². The van der Waals surface area contributed by atoms with Gasteiger partial charge in [-0.1, -0.05) is 60.1 Å². The normalized spacial score (nSPS) is 15.9. The molecule has 2 heterocycles. The lowest BCUT2D eigenvalue weighted by atomic mass is 9.94. The van der Waals surface area contributed by atoms with Crippen molar-refractivity contribution in [1.29, 1.82) is 0 Å². The molecule has 0 fully saturated rings. The Hall–Kier alpha value is -3.84. The average molecular weight is 485 g/mol. The third-order valence-electron chi connectivity index (χ3n) is 6.22. The Labute approximate surface area is 209 Å². The van der Waals surface area contributed by atoms with Crippen LogP contribution in [0.1, 0.15) is 42.5 Å². The van der Waals surface area contributed by atoms with Gasteiger partial charge in [0.25, 0.3) is 5.89 Å². The highest BCUT2D eigenvalue weighted by Crippen LogP contribution is 2.39. The standard InChI is InChI=1S/C28H25FN4OS/c1-4-19-8-14-23(15-9-19)33-18(3)24(25(30-28(33)35)20-10-12-22(29)13-11-20)27-31-26(32-34-27)21-7-5-6-17(2)16-21/h5-16,25H,4H2,1-3H3,(H,30,35). The van der Waals surface area contributed by atoms with Gasteiger partial charge in [0.05, 0.1) is 11.6 Å². The quantitative estimate of drug-likeness (QED) is 0.322. The van der Waals surface area contributed by atoms with Crippen molar-refractivity contribution in [2.75, 3.05) is 4.90 Å². The molecule has 4 aromatic rings. The Bertz CT molecular complexity index is 1410. The summed E-state index contributed by atoms with van der Waals surface area (Å²) in [6.45, 7) is 6.14. The molecular weight excluding hydrogens is 459 g/mol. The summed E-state index contributed by atoms with van der Waals surface area (Å²) in [7, 11) is 0. The topological polar surface area (TPSA) is 54.2 Å². The van der Waals surface area contributed by atoms with Crippen LogP contribution in [0.5, 0.6) is 0 Å². The van der Waals surface area contributed by atoms with Crippen LogP contribution in [0.4, 0.5) is 10.1 Å². The van der Waals surface area contributed by atoms with E-state index < -0.39 is 0 Å². The zero-order chi connectivity index (χ0) is 24.5. The number of rotatable bonds is 5. The maximum atomic E-state index is 13.7. The van der Waals surface area contributed by atoms with Gasteiger partial charge in [-0.2, -0.15) is 4.98 Å². The van der Waals surface area contributed by atoms with Crippen LogP contribution >= 0.6 is 12.2 Å². The van der Waals surface area contributed by atoms with Crippen molar-refractivity contribution in [3.8, 4) is 11.4 Å². The van der Waals surface area contributed by atoms with Crippen LogP contribution in [-0.2, 0) is 6.42 Å². The van der Waals surface area contributed by atoms with Crippen LogP contribution < -0.4 is 10.2 Å². The summed E-state index contributed by atoms with van der Waals surface area (Å²) in [4.78, 5) is 6.72. The fourth-order valence-corrected chi connectivity index (χ4v) is 4.71. The minimum absolute atomic E-state index is 0.299. The van der Waals surface area contributed by atoms with Gasteiger partial charge in [-0.25, -0.2) is 4.39 Å². The van der Waals surface area contributed by atoms with Gasteiger partial charge in [-0.05, 0) is 73.9 Å². The maximum absolute atomic E-state index is 13.7. The van der Waals surface area contributed by atoms with Crippen molar-refractivity contribution in [1.82, 2.24) is 15.5 Å². The minimum atomic E-state index is -0.375. The first-order chi connectivity index (χ1) is 16.9. The molecule has 0 saturated heterocycles. The Morgan fingerprint density at radius 2 is 1.77 bits per heavy atom. The van der Waals surface area contributed by atoms with E-state index in [4.69, 9.17) is 21.7 Å². The number of allylic oxidation sites excluding steroid dienone is 1.